The minimum Gasteiger partial charge on any atom is -0.490 e. The quantitative estimate of drug-likeness (QED) is 0.747. The van der Waals surface area contributed by atoms with E-state index in [4.69, 9.17) is 4.74 Å². The lowest BCUT2D eigenvalue weighted by atomic mass is 10.2. The normalized spacial score (nSPS) is 12.1. The molecule has 5 nitrogen and oxygen atoms in total. The zero-order valence-corrected chi connectivity index (χ0v) is 12.2. The third-order valence-electron chi connectivity index (χ3n) is 2.69. The van der Waals surface area contributed by atoms with Crippen molar-refractivity contribution in [2.45, 2.75) is 33.0 Å². The zero-order chi connectivity index (χ0) is 15.8. The van der Waals surface area contributed by atoms with Gasteiger partial charge in [0, 0.05) is 6.54 Å². The Balaban J connectivity index is 2.75. The zero-order valence-electron chi connectivity index (χ0n) is 12.2. The lowest BCUT2D eigenvalue weighted by Gasteiger charge is -2.14. The van der Waals surface area contributed by atoms with Gasteiger partial charge >= 0.3 is 12.6 Å². The Labute approximate surface area is 122 Å². The van der Waals surface area contributed by atoms with Crippen molar-refractivity contribution in [2.24, 2.45) is 0 Å². The van der Waals surface area contributed by atoms with Crippen molar-refractivity contribution in [3.05, 3.63) is 23.8 Å². The van der Waals surface area contributed by atoms with Gasteiger partial charge in [-0.05, 0) is 31.5 Å². The second-order valence-electron chi connectivity index (χ2n) is 4.22. The molecule has 0 aliphatic rings. The standard InChI is InChI=1S/C14H19F2NO4/c1-4-20-12-7-10(5-6-11(12)21-14(15)16)8-17-9(2)13(18)19-3/h5-7,9,14,17H,4,8H2,1-3H3/t9-/m0/s1. The number of carbonyl (C=O) groups is 1. The molecule has 118 valence electrons. The molecule has 0 fully saturated rings. The van der Waals surface area contributed by atoms with Gasteiger partial charge in [0.05, 0.1) is 13.7 Å². The molecule has 0 bridgehead atoms. The number of ether oxygens (including phenoxy) is 3. The number of nitrogens with one attached hydrogen (secondary N) is 1. The summed E-state index contributed by atoms with van der Waals surface area (Å²) in [5, 5.41) is 2.96. The number of hydrogen-bond acceptors (Lipinski definition) is 5. The van der Waals surface area contributed by atoms with Crippen LogP contribution in [0.4, 0.5) is 8.78 Å². The monoisotopic (exact) mass is 303 g/mol. The molecule has 0 aromatic heterocycles. The van der Waals surface area contributed by atoms with Crippen molar-refractivity contribution in [1.29, 1.82) is 0 Å². The molecule has 21 heavy (non-hydrogen) atoms. The lowest BCUT2D eigenvalue weighted by Crippen LogP contribution is -2.34. The summed E-state index contributed by atoms with van der Waals surface area (Å²) < 4.78 is 38.8. The molecule has 0 spiro atoms. The van der Waals surface area contributed by atoms with Crippen LogP contribution in [0.1, 0.15) is 19.4 Å². The molecule has 1 aromatic rings. The highest BCUT2D eigenvalue weighted by atomic mass is 19.3. The summed E-state index contributed by atoms with van der Waals surface area (Å²) in [5.41, 5.74) is 0.774. The minimum atomic E-state index is -2.91. The fourth-order valence-electron chi connectivity index (χ4n) is 1.66. The van der Waals surface area contributed by atoms with Crippen LogP contribution in [0.5, 0.6) is 11.5 Å². The summed E-state index contributed by atoms with van der Waals surface area (Å²) in [4.78, 5) is 11.3. The van der Waals surface area contributed by atoms with Crippen molar-refractivity contribution in [3.8, 4) is 11.5 Å². The van der Waals surface area contributed by atoms with Crippen LogP contribution in [0.25, 0.3) is 0 Å². The summed E-state index contributed by atoms with van der Waals surface area (Å²) in [7, 11) is 1.31. The molecular weight excluding hydrogens is 284 g/mol. The first-order valence-electron chi connectivity index (χ1n) is 6.49. The molecule has 0 aliphatic heterocycles. The van der Waals surface area contributed by atoms with E-state index in [0.29, 0.717) is 13.2 Å². The van der Waals surface area contributed by atoms with Crippen LogP contribution in [0.2, 0.25) is 0 Å². The van der Waals surface area contributed by atoms with E-state index < -0.39 is 12.7 Å². The maximum absolute atomic E-state index is 12.3. The summed E-state index contributed by atoms with van der Waals surface area (Å²) >= 11 is 0. The van der Waals surface area contributed by atoms with E-state index in [2.05, 4.69) is 14.8 Å². The number of hydrogen-bond donors (Lipinski definition) is 1. The van der Waals surface area contributed by atoms with Crippen molar-refractivity contribution < 1.29 is 27.8 Å². The third-order valence-corrected chi connectivity index (χ3v) is 2.69. The number of rotatable bonds is 8. The predicted octanol–water partition coefficient (Wildman–Crippen LogP) is 2.34. The first kappa shape index (κ1) is 17.2. The molecule has 0 unspecified atom stereocenters. The Morgan fingerprint density at radius 3 is 2.62 bits per heavy atom. The first-order chi connectivity index (χ1) is 9.97. The maximum Gasteiger partial charge on any atom is 0.387 e. The molecule has 0 saturated carbocycles. The molecule has 0 amide bonds. The van der Waals surface area contributed by atoms with E-state index in [0.717, 1.165) is 5.56 Å². The van der Waals surface area contributed by atoms with E-state index in [1.54, 1.807) is 26.0 Å². The summed E-state index contributed by atoms with van der Waals surface area (Å²) in [6.45, 7) is 1.20. The van der Waals surface area contributed by atoms with E-state index in [1.165, 1.54) is 13.2 Å². The third kappa shape index (κ3) is 5.55. The van der Waals surface area contributed by atoms with Gasteiger partial charge in [-0.3, -0.25) is 4.79 Å². The minimum absolute atomic E-state index is 0.0170. The van der Waals surface area contributed by atoms with Crippen molar-refractivity contribution in [3.63, 3.8) is 0 Å². The van der Waals surface area contributed by atoms with Crippen LogP contribution in [-0.2, 0) is 16.1 Å². The maximum atomic E-state index is 12.3. The van der Waals surface area contributed by atoms with Gasteiger partial charge in [0.25, 0.3) is 0 Å². The van der Waals surface area contributed by atoms with E-state index >= 15 is 0 Å². The van der Waals surface area contributed by atoms with E-state index in [9.17, 15) is 13.6 Å². The Bertz CT molecular complexity index is 468. The lowest BCUT2D eigenvalue weighted by molar-refractivity contribution is -0.142. The number of alkyl halides is 2. The van der Waals surface area contributed by atoms with Crippen LogP contribution < -0.4 is 14.8 Å². The topological polar surface area (TPSA) is 56.8 Å². The molecule has 0 aliphatic carbocycles. The van der Waals surface area contributed by atoms with Gasteiger partial charge in [-0.15, -0.1) is 0 Å². The smallest absolute Gasteiger partial charge is 0.387 e. The predicted molar refractivity (Wildman–Crippen MR) is 72.6 cm³/mol. The van der Waals surface area contributed by atoms with Gasteiger partial charge in [-0.25, -0.2) is 0 Å². The molecule has 0 saturated heterocycles. The van der Waals surface area contributed by atoms with Gasteiger partial charge in [-0.1, -0.05) is 6.07 Å². The highest BCUT2D eigenvalue weighted by molar-refractivity contribution is 5.75. The van der Waals surface area contributed by atoms with E-state index in [-0.39, 0.29) is 17.5 Å². The molecule has 1 N–H and O–H groups in total. The number of carbonyl (C=O) groups excluding carboxylic acids is 1. The Morgan fingerprint density at radius 1 is 1.33 bits per heavy atom. The highest BCUT2D eigenvalue weighted by Gasteiger charge is 2.14. The fraction of sp³-hybridized carbons (Fsp3) is 0.500. The summed E-state index contributed by atoms with van der Waals surface area (Å²) in [5.74, 6) is -0.155. The molecule has 1 rings (SSSR count). The van der Waals surface area contributed by atoms with Crippen molar-refractivity contribution in [1.82, 2.24) is 5.32 Å². The molecule has 1 aromatic carbocycles. The SMILES string of the molecule is CCOc1cc(CN[C@@H](C)C(=O)OC)ccc1OC(F)F. The summed E-state index contributed by atoms with van der Waals surface area (Å²) in [6.07, 6.45) is 0. The van der Waals surface area contributed by atoms with Crippen molar-refractivity contribution >= 4 is 5.97 Å². The Kier molecular flexibility index (Phi) is 6.87. The molecule has 7 heteroatoms. The average Bonchev–Trinajstić information content (AvgIpc) is 2.46. The van der Waals surface area contributed by atoms with Gasteiger partial charge in [0.2, 0.25) is 0 Å². The highest BCUT2D eigenvalue weighted by Crippen LogP contribution is 2.29. The van der Waals surface area contributed by atoms with Gasteiger partial charge in [-0.2, -0.15) is 8.78 Å². The van der Waals surface area contributed by atoms with Crippen LogP contribution in [0.15, 0.2) is 18.2 Å². The Hall–Kier alpha value is -1.89. The average molecular weight is 303 g/mol. The van der Waals surface area contributed by atoms with Crippen LogP contribution in [0.3, 0.4) is 0 Å². The molecule has 1 atom stereocenters. The van der Waals surface area contributed by atoms with Crippen LogP contribution in [0, 0.1) is 0 Å². The Morgan fingerprint density at radius 2 is 2.05 bits per heavy atom. The van der Waals surface area contributed by atoms with Crippen molar-refractivity contribution in [2.75, 3.05) is 13.7 Å². The second kappa shape index (κ2) is 8.41. The van der Waals surface area contributed by atoms with Crippen LogP contribution >= 0.6 is 0 Å². The number of esters is 1. The first-order valence-corrected chi connectivity index (χ1v) is 6.49. The van der Waals surface area contributed by atoms with Gasteiger partial charge in [0.1, 0.15) is 6.04 Å². The second-order valence-corrected chi connectivity index (χ2v) is 4.22. The molecular formula is C14H19F2NO4. The fourth-order valence-corrected chi connectivity index (χ4v) is 1.66. The summed E-state index contributed by atoms with van der Waals surface area (Å²) in [6, 6.07) is 4.16. The number of methoxy groups -OCH3 is 1. The van der Waals surface area contributed by atoms with Gasteiger partial charge < -0.3 is 19.5 Å². The van der Waals surface area contributed by atoms with Crippen LogP contribution in [-0.4, -0.2) is 32.3 Å². The van der Waals surface area contributed by atoms with Gasteiger partial charge in [0.15, 0.2) is 11.5 Å². The van der Waals surface area contributed by atoms with E-state index in [1.807, 2.05) is 0 Å². The number of benzene rings is 1. The largest absolute Gasteiger partial charge is 0.490 e. The molecule has 0 heterocycles. The number of halogens is 2. The molecule has 0 radical (unpaired) electrons.